The first-order valence-electron chi connectivity index (χ1n) is 8.38. The number of nitrogens with zero attached hydrogens (tertiary/aromatic N) is 1. The van der Waals surface area contributed by atoms with Crippen LogP contribution < -0.4 is 5.32 Å². The molecule has 1 saturated heterocycles. The molecule has 0 bridgehead atoms. The molecule has 1 heterocycles. The summed E-state index contributed by atoms with van der Waals surface area (Å²) < 4.78 is 5.49. The van der Waals surface area contributed by atoms with E-state index in [1.807, 2.05) is 25.7 Å². The van der Waals surface area contributed by atoms with Gasteiger partial charge in [0.15, 0.2) is 0 Å². The van der Waals surface area contributed by atoms with Gasteiger partial charge in [0.25, 0.3) is 0 Å². The van der Waals surface area contributed by atoms with Crippen molar-refractivity contribution in [3.8, 4) is 0 Å². The van der Waals surface area contributed by atoms with Crippen molar-refractivity contribution in [3.05, 3.63) is 0 Å². The maximum atomic E-state index is 12.3. The maximum absolute atomic E-state index is 12.3. The van der Waals surface area contributed by atoms with Gasteiger partial charge in [-0.05, 0) is 45.4 Å². The molecule has 1 rings (SSSR count). The van der Waals surface area contributed by atoms with Gasteiger partial charge in [0.1, 0.15) is 5.60 Å². The van der Waals surface area contributed by atoms with Crippen LogP contribution in [-0.2, 0) is 4.74 Å². The van der Waals surface area contributed by atoms with E-state index in [1.54, 1.807) is 0 Å². The summed E-state index contributed by atoms with van der Waals surface area (Å²) in [5, 5.41) is 12.8. The summed E-state index contributed by atoms with van der Waals surface area (Å²) in [6.07, 6.45) is 2.53. The Hall–Kier alpha value is -0.810. The molecule has 5 heteroatoms. The quantitative estimate of drug-likeness (QED) is 0.819. The lowest BCUT2D eigenvalue weighted by atomic mass is 9.85. The van der Waals surface area contributed by atoms with Crippen molar-refractivity contribution in [1.82, 2.24) is 10.2 Å². The zero-order valence-corrected chi connectivity index (χ0v) is 15.1. The van der Waals surface area contributed by atoms with Gasteiger partial charge in [-0.3, -0.25) is 0 Å². The van der Waals surface area contributed by atoms with Crippen LogP contribution in [0.5, 0.6) is 0 Å². The van der Waals surface area contributed by atoms with Gasteiger partial charge in [0.2, 0.25) is 0 Å². The van der Waals surface area contributed by atoms with Crippen molar-refractivity contribution in [3.63, 3.8) is 0 Å². The van der Waals surface area contributed by atoms with E-state index in [9.17, 15) is 9.90 Å². The molecule has 0 aromatic carbocycles. The van der Waals surface area contributed by atoms with Gasteiger partial charge < -0.3 is 20.1 Å². The standard InChI is InChI=1S/C17H34N2O3/c1-16(2,3)14(9-11-20)18-12-13-8-7-10-19(13)15(21)22-17(4,5)6/h13-14,18,20H,7-12H2,1-6H3. The highest BCUT2D eigenvalue weighted by Crippen LogP contribution is 2.24. The molecule has 0 saturated carbocycles. The van der Waals surface area contributed by atoms with E-state index in [0.717, 1.165) is 32.4 Å². The normalized spacial score (nSPS) is 21.0. The molecule has 2 N–H and O–H groups in total. The van der Waals surface area contributed by atoms with Gasteiger partial charge in [-0.25, -0.2) is 4.79 Å². The van der Waals surface area contributed by atoms with Crippen molar-refractivity contribution in [2.24, 2.45) is 5.41 Å². The first-order valence-corrected chi connectivity index (χ1v) is 8.38. The third kappa shape index (κ3) is 6.13. The van der Waals surface area contributed by atoms with Crippen LogP contribution in [0.3, 0.4) is 0 Å². The number of carbonyl (C=O) groups excluding carboxylic acids is 1. The second-order valence-electron chi connectivity index (χ2n) is 8.31. The van der Waals surface area contributed by atoms with E-state index in [0.29, 0.717) is 0 Å². The Kier molecular flexibility index (Phi) is 6.68. The van der Waals surface area contributed by atoms with Crippen LogP contribution in [0.1, 0.15) is 60.8 Å². The lowest BCUT2D eigenvalue weighted by molar-refractivity contribution is 0.0220. The predicted octanol–water partition coefficient (Wildman–Crippen LogP) is 2.77. The molecule has 1 aliphatic rings. The highest BCUT2D eigenvalue weighted by atomic mass is 16.6. The predicted molar refractivity (Wildman–Crippen MR) is 88.9 cm³/mol. The summed E-state index contributed by atoms with van der Waals surface area (Å²) in [4.78, 5) is 14.1. The minimum absolute atomic E-state index is 0.0814. The lowest BCUT2D eigenvalue weighted by Crippen LogP contribution is -2.49. The number of carbonyl (C=O) groups is 1. The molecule has 0 aromatic heterocycles. The second kappa shape index (κ2) is 7.64. The lowest BCUT2D eigenvalue weighted by Gasteiger charge is -2.34. The highest BCUT2D eigenvalue weighted by Gasteiger charge is 2.33. The molecule has 130 valence electrons. The topological polar surface area (TPSA) is 61.8 Å². The van der Waals surface area contributed by atoms with E-state index in [2.05, 4.69) is 26.1 Å². The molecule has 2 atom stereocenters. The average molecular weight is 314 g/mol. The monoisotopic (exact) mass is 314 g/mol. The van der Waals surface area contributed by atoms with Gasteiger partial charge in [-0.15, -0.1) is 0 Å². The van der Waals surface area contributed by atoms with Crippen LogP contribution in [0.2, 0.25) is 0 Å². The van der Waals surface area contributed by atoms with Crippen molar-refractivity contribution < 1.29 is 14.6 Å². The fourth-order valence-corrected chi connectivity index (χ4v) is 2.86. The average Bonchev–Trinajstić information content (AvgIpc) is 2.79. The number of hydrogen-bond donors (Lipinski definition) is 2. The summed E-state index contributed by atoms with van der Waals surface area (Å²) in [5.41, 5.74) is -0.374. The molecule has 0 spiro atoms. The van der Waals surface area contributed by atoms with Crippen LogP contribution in [0.25, 0.3) is 0 Å². The number of likely N-dealkylation sites (tertiary alicyclic amines) is 1. The van der Waals surface area contributed by atoms with Gasteiger partial charge in [0.05, 0.1) is 0 Å². The molecule has 1 fully saturated rings. The molecule has 0 aromatic rings. The Morgan fingerprint density at radius 3 is 2.45 bits per heavy atom. The van der Waals surface area contributed by atoms with Crippen LogP contribution >= 0.6 is 0 Å². The van der Waals surface area contributed by atoms with E-state index < -0.39 is 5.60 Å². The van der Waals surface area contributed by atoms with Gasteiger partial charge in [-0.1, -0.05) is 20.8 Å². The third-order valence-corrected chi connectivity index (χ3v) is 4.07. The Bertz CT molecular complexity index is 358. The van der Waals surface area contributed by atoms with Gasteiger partial charge in [-0.2, -0.15) is 0 Å². The maximum Gasteiger partial charge on any atom is 0.410 e. The second-order valence-corrected chi connectivity index (χ2v) is 8.31. The summed E-state index contributed by atoms with van der Waals surface area (Å²) in [6, 6.07) is 0.414. The van der Waals surface area contributed by atoms with Crippen molar-refractivity contribution in [2.75, 3.05) is 19.7 Å². The molecular formula is C17H34N2O3. The van der Waals surface area contributed by atoms with Crippen LogP contribution in [-0.4, -0.2) is 53.5 Å². The summed E-state index contributed by atoms with van der Waals surface area (Å²) in [6.45, 7) is 13.9. The SMILES string of the molecule is CC(C)(C)OC(=O)N1CCCC1CNC(CCO)C(C)(C)C. The Labute approximate surface area is 135 Å². The molecule has 1 amide bonds. The molecule has 1 aliphatic heterocycles. The first kappa shape index (κ1) is 19.2. The van der Waals surface area contributed by atoms with Gasteiger partial charge in [0, 0.05) is 31.8 Å². The molecule has 5 nitrogen and oxygen atoms in total. The fraction of sp³-hybridized carbons (Fsp3) is 0.941. The van der Waals surface area contributed by atoms with Crippen LogP contribution in [0.4, 0.5) is 4.79 Å². The smallest absolute Gasteiger partial charge is 0.410 e. The number of ether oxygens (including phenoxy) is 1. The molecule has 2 unspecified atom stereocenters. The van der Waals surface area contributed by atoms with Crippen molar-refractivity contribution >= 4 is 6.09 Å². The van der Waals surface area contributed by atoms with Crippen molar-refractivity contribution in [2.45, 2.75) is 78.5 Å². The van der Waals surface area contributed by atoms with Crippen LogP contribution in [0, 0.1) is 5.41 Å². The Morgan fingerprint density at radius 2 is 1.95 bits per heavy atom. The number of nitrogens with one attached hydrogen (secondary N) is 1. The fourth-order valence-electron chi connectivity index (χ4n) is 2.86. The largest absolute Gasteiger partial charge is 0.444 e. The number of amides is 1. The van der Waals surface area contributed by atoms with E-state index in [1.165, 1.54) is 0 Å². The van der Waals surface area contributed by atoms with E-state index in [4.69, 9.17) is 4.74 Å². The Balaban J connectivity index is 2.58. The third-order valence-electron chi connectivity index (χ3n) is 4.07. The van der Waals surface area contributed by atoms with Crippen LogP contribution in [0.15, 0.2) is 0 Å². The summed E-state index contributed by atoms with van der Waals surface area (Å²) in [5.74, 6) is 0. The zero-order chi connectivity index (χ0) is 17.0. The molecule has 22 heavy (non-hydrogen) atoms. The number of aliphatic hydroxyl groups excluding tert-OH is 1. The van der Waals surface area contributed by atoms with E-state index >= 15 is 0 Å². The first-order chi connectivity index (χ1) is 10.0. The molecule has 0 radical (unpaired) electrons. The minimum atomic E-state index is -0.456. The highest BCUT2D eigenvalue weighted by molar-refractivity contribution is 5.69. The van der Waals surface area contributed by atoms with E-state index in [-0.39, 0.29) is 30.2 Å². The molecular weight excluding hydrogens is 280 g/mol. The Morgan fingerprint density at radius 1 is 1.32 bits per heavy atom. The molecule has 0 aliphatic carbocycles. The summed E-state index contributed by atoms with van der Waals surface area (Å²) >= 11 is 0. The number of rotatable bonds is 5. The summed E-state index contributed by atoms with van der Waals surface area (Å²) in [7, 11) is 0. The zero-order valence-electron chi connectivity index (χ0n) is 15.1. The number of aliphatic hydroxyl groups is 1. The van der Waals surface area contributed by atoms with Gasteiger partial charge >= 0.3 is 6.09 Å². The van der Waals surface area contributed by atoms with Crippen molar-refractivity contribution in [1.29, 1.82) is 0 Å². The minimum Gasteiger partial charge on any atom is -0.444 e. The number of hydrogen-bond acceptors (Lipinski definition) is 4.